The second kappa shape index (κ2) is 9.50. The molecule has 1 aromatic rings. The molecule has 0 saturated carbocycles. The van der Waals surface area contributed by atoms with Crippen LogP contribution in [0, 0.1) is 11.7 Å². The van der Waals surface area contributed by atoms with E-state index in [-0.39, 0.29) is 17.8 Å². The Balaban J connectivity index is 2.40. The van der Waals surface area contributed by atoms with Crippen LogP contribution in [0.25, 0.3) is 0 Å². The number of hydrogen-bond donors (Lipinski definition) is 2. The highest BCUT2D eigenvalue weighted by Crippen LogP contribution is 2.18. The van der Waals surface area contributed by atoms with E-state index in [1.54, 1.807) is 12.1 Å². The van der Waals surface area contributed by atoms with Gasteiger partial charge in [-0.25, -0.2) is 4.39 Å². The van der Waals surface area contributed by atoms with Crippen LogP contribution in [-0.2, 0) is 4.79 Å². The molecule has 3 nitrogen and oxygen atoms in total. The van der Waals surface area contributed by atoms with E-state index < -0.39 is 0 Å². The van der Waals surface area contributed by atoms with Gasteiger partial charge < -0.3 is 11.1 Å². The van der Waals surface area contributed by atoms with Crippen LogP contribution in [0.3, 0.4) is 0 Å². The molecule has 0 aliphatic heterocycles. The van der Waals surface area contributed by atoms with Gasteiger partial charge >= 0.3 is 0 Å². The molecule has 4 heteroatoms. The van der Waals surface area contributed by atoms with Crippen molar-refractivity contribution in [1.82, 2.24) is 5.32 Å². The lowest BCUT2D eigenvalue weighted by Crippen LogP contribution is -2.27. The zero-order valence-corrected chi connectivity index (χ0v) is 13.1. The Morgan fingerprint density at radius 3 is 2.48 bits per heavy atom. The summed E-state index contributed by atoms with van der Waals surface area (Å²) in [4.78, 5) is 12.0. The average Bonchev–Trinajstić information content (AvgIpc) is 2.46. The summed E-state index contributed by atoms with van der Waals surface area (Å²) in [6.45, 7) is 4.74. The van der Waals surface area contributed by atoms with Crippen LogP contribution < -0.4 is 11.1 Å². The van der Waals surface area contributed by atoms with Crippen LogP contribution in [0.5, 0.6) is 0 Å². The van der Waals surface area contributed by atoms with Crippen molar-refractivity contribution in [3.8, 4) is 0 Å². The van der Waals surface area contributed by atoms with Crippen molar-refractivity contribution in [1.29, 1.82) is 0 Å². The van der Waals surface area contributed by atoms with Gasteiger partial charge in [0, 0.05) is 6.42 Å². The zero-order chi connectivity index (χ0) is 15.7. The number of carbonyl (C=O) groups excluding carboxylic acids is 1. The van der Waals surface area contributed by atoms with Crippen LogP contribution in [0.1, 0.15) is 57.6 Å². The maximum absolute atomic E-state index is 12.9. The van der Waals surface area contributed by atoms with Crippen molar-refractivity contribution in [3.05, 3.63) is 35.6 Å². The minimum Gasteiger partial charge on any atom is -0.350 e. The summed E-state index contributed by atoms with van der Waals surface area (Å²) in [5.74, 6) is 0.318. The molecule has 0 aliphatic carbocycles. The minimum atomic E-state index is -0.263. The van der Waals surface area contributed by atoms with E-state index in [1.165, 1.54) is 12.1 Å². The summed E-state index contributed by atoms with van der Waals surface area (Å²) >= 11 is 0. The molecule has 0 radical (unpaired) electrons. The zero-order valence-electron chi connectivity index (χ0n) is 13.1. The number of nitrogens with one attached hydrogen (secondary N) is 1. The van der Waals surface area contributed by atoms with Crippen molar-refractivity contribution in [3.63, 3.8) is 0 Å². The molecule has 1 rings (SSSR count). The van der Waals surface area contributed by atoms with Gasteiger partial charge in [0.25, 0.3) is 0 Å². The van der Waals surface area contributed by atoms with E-state index in [2.05, 4.69) is 12.2 Å². The number of hydrogen-bond acceptors (Lipinski definition) is 2. The molecule has 2 atom stereocenters. The molecule has 1 amide bonds. The van der Waals surface area contributed by atoms with Gasteiger partial charge in [-0.1, -0.05) is 31.9 Å². The van der Waals surface area contributed by atoms with Crippen molar-refractivity contribution in [2.24, 2.45) is 11.7 Å². The topological polar surface area (TPSA) is 55.1 Å². The van der Waals surface area contributed by atoms with Gasteiger partial charge in [0.2, 0.25) is 5.91 Å². The van der Waals surface area contributed by atoms with Crippen LogP contribution >= 0.6 is 0 Å². The van der Waals surface area contributed by atoms with Crippen LogP contribution in [-0.4, -0.2) is 12.5 Å². The smallest absolute Gasteiger partial charge is 0.220 e. The third kappa shape index (κ3) is 6.71. The van der Waals surface area contributed by atoms with Crippen LogP contribution in [0.4, 0.5) is 4.39 Å². The summed E-state index contributed by atoms with van der Waals surface area (Å²) in [5, 5.41) is 2.96. The largest absolute Gasteiger partial charge is 0.350 e. The number of benzene rings is 1. The molecule has 0 heterocycles. The number of halogens is 1. The fourth-order valence-corrected chi connectivity index (χ4v) is 2.56. The third-order valence-corrected chi connectivity index (χ3v) is 3.80. The van der Waals surface area contributed by atoms with Gasteiger partial charge in [0.05, 0.1) is 6.04 Å². The maximum Gasteiger partial charge on any atom is 0.220 e. The predicted molar refractivity (Wildman–Crippen MR) is 84.3 cm³/mol. The summed E-state index contributed by atoms with van der Waals surface area (Å²) in [7, 11) is 0. The lowest BCUT2D eigenvalue weighted by atomic mass is 9.94. The first-order valence-corrected chi connectivity index (χ1v) is 7.81. The number of rotatable bonds is 9. The Morgan fingerprint density at radius 2 is 1.90 bits per heavy atom. The Labute approximate surface area is 127 Å². The maximum atomic E-state index is 12.9. The second-order valence-electron chi connectivity index (χ2n) is 5.61. The SMILES string of the molecule is CCCC(CCN)CCC(=O)N[C@@H](C)c1ccc(F)cc1. The number of nitrogens with two attached hydrogens (primary N) is 1. The Kier molecular flexibility index (Phi) is 7.98. The van der Waals surface area contributed by atoms with Crippen LogP contribution in [0.2, 0.25) is 0 Å². The van der Waals surface area contributed by atoms with E-state index in [0.717, 1.165) is 31.2 Å². The Morgan fingerprint density at radius 1 is 1.24 bits per heavy atom. The van der Waals surface area contributed by atoms with Crippen molar-refractivity contribution >= 4 is 5.91 Å². The quantitative estimate of drug-likeness (QED) is 0.732. The van der Waals surface area contributed by atoms with E-state index >= 15 is 0 Å². The molecule has 0 saturated heterocycles. The molecule has 0 aromatic heterocycles. The third-order valence-electron chi connectivity index (χ3n) is 3.80. The normalized spacial score (nSPS) is 13.7. The highest BCUT2D eigenvalue weighted by Gasteiger charge is 2.13. The lowest BCUT2D eigenvalue weighted by molar-refractivity contribution is -0.122. The van der Waals surface area contributed by atoms with Crippen molar-refractivity contribution < 1.29 is 9.18 Å². The van der Waals surface area contributed by atoms with E-state index in [0.29, 0.717) is 18.9 Å². The Bertz CT molecular complexity index is 413. The first kappa shape index (κ1) is 17.6. The van der Waals surface area contributed by atoms with Crippen molar-refractivity contribution in [2.45, 2.75) is 52.0 Å². The fraction of sp³-hybridized carbons (Fsp3) is 0.588. The molecule has 3 N–H and O–H groups in total. The monoisotopic (exact) mass is 294 g/mol. The lowest BCUT2D eigenvalue weighted by Gasteiger charge is -2.17. The molecular formula is C17H27FN2O. The van der Waals surface area contributed by atoms with Gasteiger partial charge in [0.1, 0.15) is 5.82 Å². The standard InChI is InChI=1S/C17H27FN2O/c1-3-4-14(11-12-19)5-10-17(21)20-13(2)15-6-8-16(18)9-7-15/h6-9,13-14H,3-5,10-12,19H2,1-2H3,(H,20,21)/t13-,14?/m0/s1. The molecule has 118 valence electrons. The second-order valence-corrected chi connectivity index (χ2v) is 5.61. The Hall–Kier alpha value is -1.42. The highest BCUT2D eigenvalue weighted by molar-refractivity contribution is 5.76. The molecule has 21 heavy (non-hydrogen) atoms. The van der Waals surface area contributed by atoms with Gasteiger partial charge in [-0.05, 0) is 49.9 Å². The number of amides is 1. The first-order chi connectivity index (χ1) is 10.1. The number of carbonyl (C=O) groups is 1. The first-order valence-electron chi connectivity index (χ1n) is 7.81. The van der Waals surface area contributed by atoms with E-state index in [1.807, 2.05) is 6.92 Å². The molecule has 0 aliphatic rings. The van der Waals surface area contributed by atoms with E-state index in [9.17, 15) is 9.18 Å². The predicted octanol–water partition coefficient (Wildman–Crippen LogP) is 3.55. The molecular weight excluding hydrogens is 267 g/mol. The van der Waals surface area contributed by atoms with Gasteiger partial charge in [-0.2, -0.15) is 0 Å². The highest BCUT2D eigenvalue weighted by atomic mass is 19.1. The summed E-state index contributed by atoms with van der Waals surface area (Å²) in [6.07, 6.45) is 4.63. The van der Waals surface area contributed by atoms with Gasteiger partial charge in [0.15, 0.2) is 0 Å². The van der Waals surface area contributed by atoms with Gasteiger partial charge in [-0.3, -0.25) is 4.79 Å². The van der Waals surface area contributed by atoms with Crippen molar-refractivity contribution in [2.75, 3.05) is 6.54 Å². The van der Waals surface area contributed by atoms with Gasteiger partial charge in [-0.15, -0.1) is 0 Å². The van der Waals surface area contributed by atoms with Crippen LogP contribution in [0.15, 0.2) is 24.3 Å². The molecule has 0 fully saturated rings. The molecule has 1 unspecified atom stereocenters. The summed E-state index contributed by atoms with van der Waals surface area (Å²) in [6, 6.07) is 6.13. The minimum absolute atomic E-state index is 0.0462. The average molecular weight is 294 g/mol. The molecule has 1 aromatic carbocycles. The fourth-order valence-electron chi connectivity index (χ4n) is 2.56. The van der Waals surface area contributed by atoms with E-state index in [4.69, 9.17) is 5.73 Å². The molecule has 0 bridgehead atoms. The summed E-state index contributed by atoms with van der Waals surface area (Å²) in [5.41, 5.74) is 6.52. The summed E-state index contributed by atoms with van der Waals surface area (Å²) < 4.78 is 12.9. The molecule has 0 spiro atoms.